The summed E-state index contributed by atoms with van der Waals surface area (Å²) in [6.45, 7) is 4.85. The van der Waals surface area contributed by atoms with E-state index in [4.69, 9.17) is 5.11 Å². The van der Waals surface area contributed by atoms with Crippen LogP contribution < -0.4 is 0 Å². The molecule has 5 nitrogen and oxygen atoms in total. The molecule has 0 aromatic heterocycles. The molecule has 148 valence electrons. The molecule has 0 aromatic carbocycles. The normalized spacial score (nSPS) is 18.9. The highest BCUT2D eigenvalue weighted by atomic mass is 16.4. The minimum Gasteiger partial charge on any atom is -0.480 e. The van der Waals surface area contributed by atoms with Gasteiger partial charge in [-0.15, -0.1) is 0 Å². The van der Waals surface area contributed by atoms with Crippen LogP contribution >= 0.6 is 0 Å². The zero-order valence-corrected chi connectivity index (χ0v) is 16.3. The highest BCUT2D eigenvalue weighted by Gasteiger charge is 2.31. The molecular weight excluding hydrogens is 316 g/mol. The van der Waals surface area contributed by atoms with Gasteiger partial charge in [-0.2, -0.15) is 0 Å². The summed E-state index contributed by atoms with van der Waals surface area (Å²) in [5, 5.41) is 18.3. The lowest BCUT2D eigenvalue weighted by atomic mass is 10.0. The van der Waals surface area contributed by atoms with Crippen molar-refractivity contribution < 1.29 is 15.0 Å². The van der Waals surface area contributed by atoms with E-state index in [1.165, 1.54) is 64.2 Å². The zero-order chi connectivity index (χ0) is 18.3. The molecule has 1 saturated heterocycles. The van der Waals surface area contributed by atoms with Crippen LogP contribution in [0.25, 0.3) is 0 Å². The van der Waals surface area contributed by atoms with Gasteiger partial charge in [-0.3, -0.25) is 14.6 Å². The molecule has 0 bridgehead atoms. The molecule has 1 unspecified atom stereocenters. The lowest BCUT2D eigenvalue weighted by Gasteiger charge is -2.29. The first-order valence-corrected chi connectivity index (χ1v) is 10.5. The number of aliphatic hydroxyl groups excluding tert-OH is 1. The Hall–Kier alpha value is -0.650. The monoisotopic (exact) mass is 356 g/mol. The van der Waals surface area contributed by atoms with Crippen LogP contribution in [-0.4, -0.2) is 64.9 Å². The number of carbonyl (C=O) groups is 1. The minimum absolute atomic E-state index is 0.116. The van der Waals surface area contributed by atoms with E-state index in [2.05, 4.69) is 11.8 Å². The van der Waals surface area contributed by atoms with Gasteiger partial charge in [-0.1, -0.05) is 77.6 Å². The highest BCUT2D eigenvalue weighted by Crippen LogP contribution is 2.20. The molecule has 25 heavy (non-hydrogen) atoms. The van der Waals surface area contributed by atoms with Gasteiger partial charge in [0.05, 0.1) is 19.3 Å². The summed E-state index contributed by atoms with van der Waals surface area (Å²) in [7, 11) is 0. The molecular formula is C20H40N2O3. The first-order chi connectivity index (χ1) is 12.2. The smallest absolute Gasteiger partial charge is 0.317 e. The van der Waals surface area contributed by atoms with Gasteiger partial charge in [-0.05, 0) is 6.42 Å². The third-order valence-electron chi connectivity index (χ3n) is 5.31. The number of aliphatic hydroxyl groups is 1. The average Bonchev–Trinajstić information content (AvgIpc) is 2.94. The van der Waals surface area contributed by atoms with Crippen molar-refractivity contribution in [2.24, 2.45) is 0 Å². The molecule has 1 aliphatic rings. The average molecular weight is 357 g/mol. The van der Waals surface area contributed by atoms with Crippen LogP contribution in [0, 0.1) is 0 Å². The number of hydrogen-bond donors (Lipinski definition) is 2. The van der Waals surface area contributed by atoms with Crippen molar-refractivity contribution in [2.75, 3.05) is 32.8 Å². The topological polar surface area (TPSA) is 64.0 Å². The van der Waals surface area contributed by atoms with Gasteiger partial charge >= 0.3 is 5.97 Å². The van der Waals surface area contributed by atoms with E-state index < -0.39 is 5.97 Å². The SMILES string of the molecule is CCCCCCCCCCCCCC1N(CCO)CCN1CC(=O)O. The summed E-state index contributed by atoms with van der Waals surface area (Å²) in [4.78, 5) is 15.3. The first-order valence-electron chi connectivity index (χ1n) is 10.5. The predicted octanol–water partition coefficient (Wildman–Crippen LogP) is 3.71. The third kappa shape index (κ3) is 10.2. The van der Waals surface area contributed by atoms with E-state index in [9.17, 15) is 9.90 Å². The number of nitrogens with zero attached hydrogens (tertiary/aromatic N) is 2. The Kier molecular flexibility index (Phi) is 13.0. The maximum atomic E-state index is 11.0. The highest BCUT2D eigenvalue weighted by molar-refractivity contribution is 5.69. The van der Waals surface area contributed by atoms with Crippen LogP contribution in [0.15, 0.2) is 0 Å². The van der Waals surface area contributed by atoms with Crippen molar-refractivity contribution in [2.45, 2.75) is 90.1 Å². The third-order valence-corrected chi connectivity index (χ3v) is 5.31. The van der Waals surface area contributed by atoms with E-state index in [-0.39, 0.29) is 19.3 Å². The number of hydrogen-bond acceptors (Lipinski definition) is 4. The summed E-state index contributed by atoms with van der Waals surface area (Å²) < 4.78 is 0. The molecule has 1 atom stereocenters. The maximum Gasteiger partial charge on any atom is 0.317 e. The summed E-state index contributed by atoms with van der Waals surface area (Å²) in [6, 6.07) is 0. The Balaban J connectivity index is 2.08. The van der Waals surface area contributed by atoms with Crippen molar-refractivity contribution in [1.82, 2.24) is 9.80 Å². The minimum atomic E-state index is -0.755. The lowest BCUT2D eigenvalue weighted by Crippen LogP contribution is -2.42. The number of carboxylic acids is 1. The Labute approximate surface area is 154 Å². The molecule has 5 heteroatoms. The second kappa shape index (κ2) is 14.5. The molecule has 2 N–H and O–H groups in total. The molecule has 1 rings (SSSR count). The van der Waals surface area contributed by atoms with Crippen LogP contribution in [0.4, 0.5) is 0 Å². The fourth-order valence-corrected chi connectivity index (χ4v) is 3.89. The van der Waals surface area contributed by atoms with Crippen molar-refractivity contribution in [3.8, 4) is 0 Å². The summed E-state index contributed by atoms with van der Waals surface area (Å²) in [5.74, 6) is -0.755. The first kappa shape index (κ1) is 22.4. The van der Waals surface area contributed by atoms with Crippen LogP contribution in [0.2, 0.25) is 0 Å². The molecule has 0 radical (unpaired) electrons. The molecule has 0 spiro atoms. The zero-order valence-electron chi connectivity index (χ0n) is 16.3. The molecule has 1 aliphatic heterocycles. The van der Waals surface area contributed by atoms with Gasteiger partial charge in [0.25, 0.3) is 0 Å². The molecule has 0 saturated carbocycles. The van der Waals surface area contributed by atoms with Crippen molar-refractivity contribution in [3.63, 3.8) is 0 Å². The second-order valence-corrected chi connectivity index (χ2v) is 7.43. The fourth-order valence-electron chi connectivity index (χ4n) is 3.89. The van der Waals surface area contributed by atoms with Crippen LogP contribution in [-0.2, 0) is 4.79 Å². The number of β-amino-alcohol motifs (C(OH)–C–C–N with tert-alkyl or cyclic N) is 1. The maximum absolute atomic E-state index is 11.0. The van der Waals surface area contributed by atoms with Crippen LogP contribution in [0.5, 0.6) is 0 Å². The summed E-state index contributed by atoms with van der Waals surface area (Å²) in [6.07, 6.45) is 15.9. The summed E-state index contributed by atoms with van der Waals surface area (Å²) >= 11 is 0. The summed E-state index contributed by atoms with van der Waals surface area (Å²) in [5.41, 5.74) is 0. The molecule has 1 fully saturated rings. The van der Waals surface area contributed by atoms with E-state index in [0.717, 1.165) is 25.9 Å². The van der Waals surface area contributed by atoms with E-state index in [1.807, 2.05) is 4.90 Å². The van der Waals surface area contributed by atoms with Crippen LogP contribution in [0.1, 0.15) is 84.0 Å². The van der Waals surface area contributed by atoms with Crippen molar-refractivity contribution in [1.29, 1.82) is 0 Å². The number of unbranched alkanes of at least 4 members (excludes halogenated alkanes) is 10. The molecule has 0 amide bonds. The van der Waals surface area contributed by atoms with Crippen molar-refractivity contribution >= 4 is 5.97 Å². The van der Waals surface area contributed by atoms with E-state index in [0.29, 0.717) is 6.54 Å². The molecule has 1 heterocycles. The lowest BCUT2D eigenvalue weighted by molar-refractivity contribution is -0.139. The Morgan fingerprint density at radius 3 is 1.92 bits per heavy atom. The van der Waals surface area contributed by atoms with Gasteiger partial charge in [0.15, 0.2) is 0 Å². The van der Waals surface area contributed by atoms with Gasteiger partial charge in [0, 0.05) is 19.6 Å². The predicted molar refractivity (Wildman–Crippen MR) is 103 cm³/mol. The molecule has 0 aromatic rings. The van der Waals surface area contributed by atoms with Gasteiger partial charge in [0.2, 0.25) is 0 Å². The number of aliphatic carboxylic acids is 1. The van der Waals surface area contributed by atoms with E-state index >= 15 is 0 Å². The number of rotatable bonds is 16. The number of carboxylic acid groups (broad SMARTS) is 1. The fraction of sp³-hybridized carbons (Fsp3) is 0.950. The Morgan fingerprint density at radius 2 is 1.40 bits per heavy atom. The van der Waals surface area contributed by atoms with Gasteiger partial charge in [0.1, 0.15) is 0 Å². The largest absolute Gasteiger partial charge is 0.480 e. The van der Waals surface area contributed by atoms with Gasteiger partial charge in [-0.25, -0.2) is 0 Å². The van der Waals surface area contributed by atoms with Gasteiger partial charge < -0.3 is 10.2 Å². The standard InChI is InChI=1S/C20H40N2O3/c1-2-3-4-5-6-7-8-9-10-11-12-13-19-21(16-17-23)14-15-22(19)18-20(24)25/h19,23H,2-18H2,1H3,(H,24,25). The van der Waals surface area contributed by atoms with E-state index in [1.54, 1.807) is 0 Å². The molecule has 0 aliphatic carbocycles. The quantitative estimate of drug-likeness (QED) is 0.413. The van der Waals surface area contributed by atoms with Crippen LogP contribution in [0.3, 0.4) is 0 Å². The Bertz CT molecular complexity index is 339. The Morgan fingerprint density at radius 1 is 0.880 bits per heavy atom. The second-order valence-electron chi connectivity index (χ2n) is 7.43. The van der Waals surface area contributed by atoms with Crippen molar-refractivity contribution in [3.05, 3.63) is 0 Å².